The van der Waals surface area contributed by atoms with E-state index in [4.69, 9.17) is 16.3 Å². The van der Waals surface area contributed by atoms with Crippen molar-refractivity contribution in [2.75, 3.05) is 31.6 Å². The molecule has 2 N–H and O–H groups in total. The molecule has 0 radical (unpaired) electrons. The van der Waals surface area contributed by atoms with E-state index in [1.54, 1.807) is 0 Å². The standard InChI is InChI=1S/C15H23ClN2O2/c1-15(2)10-18(8-13(9-19)20-15)14-5-4-12(16)6-11(14)7-17-3/h4-6,13,17,19H,7-10H2,1-3H3. The van der Waals surface area contributed by atoms with Crippen molar-refractivity contribution in [3.63, 3.8) is 0 Å². The minimum Gasteiger partial charge on any atom is -0.394 e. The molecule has 0 aliphatic carbocycles. The van der Waals surface area contributed by atoms with E-state index in [9.17, 15) is 5.11 Å². The van der Waals surface area contributed by atoms with Gasteiger partial charge in [-0.3, -0.25) is 0 Å². The van der Waals surface area contributed by atoms with Gasteiger partial charge in [0.1, 0.15) is 0 Å². The van der Waals surface area contributed by atoms with Crippen LogP contribution in [0.5, 0.6) is 0 Å². The van der Waals surface area contributed by atoms with Crippen LogP contribution in [0.1, 0.15) is 19.4 Å². The minimum atomic E-state index is -0.276. The molecule has 1 fully saturated rings. The van der Waals surface area contributed by atoms with Crippen molar-refractivity contribution < 1.29 is 9.84 Å². The number of nitrogens with one attached hydrogen (secondary N) is 1. The first kappa shape index (κ1) is 15.6. The van der Waals surface area contributed by atoms with Gasteiger partial charge in [-0.15, -0.1) is 0 Å². The van der Waals surface area contributed by atoms with Gasteiger partial charge >= 0.3 is 0 Å². The summed E-state index contributed by atoms with van der Waals surface area (Å²) in [6.45, 7) is 6.39. The van der Waals surface area contributed by atoms with E-state index in [1.807, 2.05) is 25.2 Å². The Hall–Kier alpha value is -0.810. The van der Waals surface area contributed by atoms with E-state index >= 15 is 0 Å². The number of benzene rings is 1. The van der Waals surface area contributed by atoms with Crippen molar-refractivity contribution in [1.82, 2.24) is 5.32 Å². The summed E-state index contributed by atoms with van der Waals surface area (Å²) in [7, 11) is 1.92. The van der Waals surface area contributed by atoms with Gasteiger partial charge in [-0.1, -0.05) is 11.6 Å². The number of morpholine rings is 1. The molecule has 1 atom stereocenters. The second kappa shape index (κ2) is 6.31. The maximum Gasteiger partial charge on any atom is 0.0988 e. The first-order valence-electron chi connectivity index (χ1n) is 6.92. The predicted molar refractivity (Wildman–Crippen MR) is 82.5 cm³/mol. The lowest BCUT2D eigenvalue weighted by Gasteiger charge is -2.44. The van der Waals surface area contributed by atoms with Crippen molar-refractivity contribution in [3.8, 4) is 0 Å². The Morgan fingerprint density at radius 2 is 2.25 bits per heavy atom. The molecule has 1 aromatic carbocycles. The molecule has 1 heterocycles. The third-order valence-corrected chi connectivity index (χ3v) is 3.67. The first-order chi connectivity index (χ1) is 9.45. The zero-order chi connectivity index (χ0) is 14.8. The fourth-order valence-corrected chi connectivity index (χ4v) is 2.96. The third-order valence-electron chi connectivity index (χ3n) is 3.43. The zero-order valence-electron chi connectivity index (χ0n) is 12.3. The highest BCUT2D eigenvalue weighted by molar-refractivity contribution is 6.30. The van der Waals surface area contributed by atoms with Crippen molar-refractivity contribution in [1.29, 1.82) is 0 Å². The number of nitrogens with zero attached hydrogens (tertiary/aromatic N) is 1. The van der Waals surface area contributed by atoms with Crippen LogP contribution >= 0.6 is 11.6 Å². The molecular weight excluding hydrogens is 276 g/mol. The molecule has 0 amide bonds. The first-order valence-corrected chi connectivity index (χ1v) is 7.29. The molecule has 4 nitrogen and oxygen atoms in total. The van der Waals surface area contributed by atoms with Gasteiger partial charge in [-0.25, -0.2) is 0 Å². The van der Waals surface area contributed by atoms with Crippen LogP contribution in [0.25, 0.3) is 0 Å². The summed E-state index contributed by atoms with van der Waals surface area (Å²) < 4.78 is 5.86. The molecule has 1 aromatic rings. The number of anilines is 1. The van der Waals surface area contributed by atoms with Gasteiger partial charge in [0.05, 0.1) is 18.3 Å². The van der Waals surface area contributed by atoms with Crippen LogP contribution in [0, 0.1) is 0 Å². The van der Waals surface area contributed by atoms with Crippen LogP contribution in [-0.2, 0) is 11.3 Å². The predicted octanol–water partition coefficient (Wildman–Crippen LogP) is 2.04. The van der Waals surface area contributed by atoms with Crippen molar-refractivity contribution >= 4 is 17.3 Å². The molecule has 2 rings (SSSR count). The van der Waals surface area contributed by atoms with Crippen LogP contribution < -0.4 is 10.2 Å². The zero-order valence-corrected chi connectivity index (χ0v) is 13.1. The average molecular weight is 299 g/mol. The Bertz CT molecular complexity index is 465. The quantitative estimate of drug-likeness (QED) is 0.893. The molecule has 20 heavy (non-hydrogen) atoms. The second-order valence-electron chi connectivity index (χ2n) is 5.87. The van der Waals surface area contributed by atoms with Crippen molar-refractivity contribution in [2.24, 2.45) is 0 Å². The van der Waals surface area contributed by atoms with Gasteiger partial charge in [0.25, 0.3) is 0 Å². The van der Waals surface area contributed by atoms with Crippen LogP contribution in [0.3, 0.4) is 0 Å². The van der Waals surface area contributed by atoms with Gasteiger partial charge in [0.2, 0.25) is 0 Å². The number of rotatable bonds is 4. The van der Waals surface area contributed by atoms with Crippen molar-refractivity contribution in [2.45, 2.75) is 32.1 Å². The van der Waals surface area contributed by atoms with E-state index in [-0.39, 0.29) is 18.3 Å². The summed E-state index contributed by atoms with van der Waals surface area (Å²) in [6.07, 6.45) is -0.156. The van der Waals surface area contributed by atoms with Crippen LogP contribution in [-0.4, -0.2) is 43.6 Å². The Morgan fingerprint density at radius 3 is 2.90 bits per heavy atom. The number of aliphatic hydroxyl groups excluding tert-OH is 1. The van der Waals surface area contributed by atoms with E-state index < -0.39 is 0 Å². The molecule has 0 saturated carbocycles. The van der Waals surface area contributed by atoms with Gasteiger partial charge < -0.3 is 20.1 Å². The highest BCUT2D eigenvalue weighted by atomic mass is 35.5. The van der Waals surface area contributed by atoms with Gasteiger partial charge in [0, 0.05) is 30.3 Å². The summed E-state index contributed by atoms with van der Waals surface area (Å²) >= 11 is 6.09. The number of halogens is 1. The third kappa shape index (κ3) is 3.64. The highest BCUT2D eigenvalue weighted by Gasteiger charge is 2.33. The Morgan fingerprint density at radius 1 is 1.50 bits per heavy atom. The Kier molecular flexibility index (Phi) is 4.91. The van der Waals surface area contributed by atoms with Gasteiger partial charge in [-0.2, -0.15) is 0 Å². The molecule has 5 heteroatoms. The smallest absolute Gasteiger partial charge is 0.0988 e. The van der Waals surface area contributed by atoms with E-state index in [1.165, 1.54) is 0 Å². The summed E-state index contributed by atoms with van der Waals surface area (Å²) in [4.78, 5) is 2.27. The summed E-state index contributed by atoms with van der Waals surface area (Å²) in [5, 5.41) is 13.3. The Balaban J connectivity index is 2.29. The lowest BCUT2D eigenvalue weighted by molar-refractivity contribution is -0.101. The summed E-state index contributed by atoms with van der Waals surface area (Å²) in [5.41, 5.74) is 2.04. The lowest BCUT2D eigenvalue weighted by atomic mass is 10.0. The fourth-order valence-electron chi connectivity index (χ4n) is 2.77. The normalized spacial score (nSPS) is 22.1. The number of hydrogen-bond donors (Lipinski definition) is 2. The molecule has 112 valence electrons. The van der Waals surface area contributed by atoms with Gasteiger partial charge in [-0.05, 0) is 44.7 Å². The Labute approximate surface area is 125 Å². The molecule has 1 aliphatic heterocycles. The molecule has 1 saturated heterocycles. The lowest BCUT2D eigenvalue weighted by Crippen LogP contribution is -2.54. The molecule has 1 aliphatic rings. The second-order valence-corrected chi connectivity index (χ2v) is 6.30. The number of hydrogen-bond acceptors (Lipinski definition) is 4. The topological polar surface area (TPSA) is 44.7 Å². The average Bonchev–Trinajstić information content (AvgIpc) is 2.37. The number of ether oxygens (including phenoxy) is 1. The van der Waals surface area contributed by atoms with Crippen LogP contribution in [0.15, 0.2) is 18.2 Å². The number of aliphatic hydroxyl groups is 1. The maximum absolute atomic E-state index is 9.42. The molecular formula is C15H23ClN2O2. The molecule has 0 aromatic heterocycles. The van der Waals surface area contributed by atoms with Crippen molar-refractivity contribution in [3.05, 3.63) is 28.8 Å². The summed E-state index contributed by atoms with van der Waals surface area (Å²) in [6, 6.07) is 5.95. The van der Waals surface area contributed by atoms with E-state index in [2.05, 4.69) is 24.1 Å². The van der Waals surface area contributed by atoms with Crippen LogP contribution in [0.2, 0.25) is 5.02 Å². The molecule has 0 bridgehead atoms. The monoisotopic (exact) mass is 298 g/mol. The van der Waals surface area contributed by atoms with E-state index in [0.717, 1.165) is 29.4 Å². The highest BCUT2D eigenvalue weighted by Crippen LogP contribution is 2.30. The molecule has 0 spiro atoms. The largest absolute Gasteiger partial charge is 0.394 e. The fraction of sp³-hybridized carbons (Fsp3) is 0.600. The molecule has 1 unspecified atom stereocenters. The van der Waals surface area contributed by atoms with E-state index in [0.29, 0.717) is 6.54 Å². The summed E-state index contributed by atoms with van der Waals surface area (Å²) in [5.74, 6) is 0. The SMILES string of the molecule is CNCc1cc(Cl)ccc1N1CC(CO)OC(C)(C)C1. The maximum atomic E-state index is 9.42. The minimum absolute atomic E-state index is 0.0366. The van der Waals surface area contributed by atoms with Gasteiger partial charge in [0.15, 0.2) is 0 Å². The van der Waals surface area contributed by atoms with Crippen LogP contribution in [0.4, 0.5) is 5.69 Å².